The fraction of sp³-hybridized carbons (Fsp3) is 0.684. The van der Waals surface area contributed by atoms with Crippen LogP contribution in [0, 0.1) is 11.3 Å². The summed E-state index contributed by atoms with van der Waals surface area (Å²) in [5, 5.41) is 0. The van der Waals surface area contributed by atoms with E-state index in [0.29, 0.717) is 11.3 Å². The quantitative estimate of drug-likeness (QED) is 0.818. The Morgan fingerprint density at radius 1 is 1.20 bits per heavy atom. The van der Waals surface area contributed by atoms with E-state index in [2.05, 4.69) is 45.9 Å². The highest BCUT2D eigenvalue weighted by Gasteiger charge is 2.37. The molecule has 2 rings (SSSR count). The van der Waals surface area contributed by atoms with E-state index in [-0.39, 0.29) is 6.04 Å². The van der Waals surface area contributed by atoms with E-state index in [1.54, 1.807) is 0 Å². The molecule has 0 amide bonds. The number of hydrogen-bond acceptors (Lipinski definition) is 1. The molecule has 1 fully saturated rings. The smallest absolute Gasteiger partial charge is 0.0331 e. The van der Waals surface area contributed by atoms with Crippen LogP contribution in [0.25, 0.3) is 0 Å². The highest BCUT2D eigenvalue weighted by Crippen LogP contribution is 2.46. The fourth-order valence-electron chi connectivity index (χ4n) is 3.90. The maximum Gasteiger partial charge on any atom is 0.0331 e. The van der Waals surface area contributed by atoms with Crippen LogP contribution in [0.2, 0.25) is 0 Å². The van der Waals surface area contributed by atoms with Crippen molar-refractivity contribution in [2.24, 2.45) is 17.1 Å². The minimum atomic E-state index is 0.201. The first kappa shape index (κ1) is 15.6. The first-order chi connectivity index (χ1) is 9.49. The van der Waals surface area contributed by atoms with Gasteiger partial charge in [-0.2, -0.15) is 0 Å². The van der Waals surface area contributed by atoms with Gasteiger partial charge in [-0.15, -0.1) is 0 Å². The third-order valence-electron chi connectivity index (χ3n) is 5.38. The van der Waals surface area contributed by atoms with Crippen molar-refractivity contribution >= 4 is 0 Å². The Balaban J connectivity index is 2.33. The van der Waals surface area contributed by atoms with E-state index >= 15 is 0 Å². The zero-order valence-corrected chi connectivity index (χ0v) is 13.7. The largest absolute Gasteiger partial charge is 0.324 e. The Kier molecular flexibility index (Phi) is 4.90. The van der Waals surface area contributed by atoms with E-state index in [9.17, 15) is 0 Å². The van der Waals surface area contributed by atoms with Gasteiger partial charge in [0.15, 0.2) is 0 Å². The van der Waals surface area contributed by atoms with Crippen molar-refractivity contribution in [3.05, 3.63) is 34.9 Å². The molecule has 1 nitrogen and oxygen atoms in total. The minimum absolute atomic E-state index is 0.201. The molecule has 1 aliphatic carbocycles. The van der Waals surface area contributed by atoms with Crippen LogP contribution in [0.4, 0.5) is 0 Å². The van der Waals surface area contributed by atoms with E-state index in [1.807, 2.05) is 0 Å². The molecule has 0 spiro atoms. The molecule has 0 saturated heterocycles. The molecule has 0 radical (unpaired) electrons. The van der Waals surface area contributed by atoms with Gasteiger partial charge in [-0.3, -0.25) is 0 Å². The lowest BCUT2D eigenvalue weighted by Gasteiger charge is -2.42. The molecule has 2 N–H and O–H groups in total. The fourth-order valence-corrected chi connectivity index (χ4v) is 3.90. The molecule has 0 bridgehead atoms. The van der Waals surface area contributed by atoms with Gasteiger partial charge in [-0.1, -0.05) is 58.7 Å². The van der Waals surface area contributed by atoms with Crippen molar-refractivity contribution in [2.45, 2.75) is 72.3 Å². The molecular formula is C19H31N. The summed E-state index contributed by atoms with van der Waals surface area (Å²) in [7, 11) is 0. The van der Waals surface area contributed by atoms with Crippen LogP contribution in [-0.2, 0) is 12.8 Å². The second-order valence-corrected chi connectivity index (χ2v) is 7.11. The van der Waals surface area contributed by atoms with Gasteiger partial charge in [0.2, 0.25) is 0 Å². The number of benzene rings is 1. The topological polar surface area (TPSA) is 26.0 Å². The SMILES string of the molecule is CCc1ccc(CC)c(C(N)C2CCCCC2(C)C)c1. The van der Waals surface area contributed by atoms with Crippen molar-refractivity contribution < 1.29 is 0 Å². The van der Waals surface area contributed by atoms with Gasteiger partial charge in [0.25, 0.3) is 0 Å². The summed E-state index contributed by atoms with van der Waals surface area (Å²) in [6.45, 7) is 9.28. The van der Waals surface area contributed by atoms with E-state index in [1.165, 1.54) is 42.4 Å². The summed E-state index contributed by atoms with van der Waals surface area (Å²) in [5.41, 5.74) is 11.4. The van der Waals surface area contributed by atoms with Gasteiger partial charge in [0.1, 0.15) is 0 Å². The second-order valence-electron chi connectivity index (χ2n) is 7.11. The summed E-state index contributed by atoms with van der Waals surface area (Å²) < 4.78 is 0. The molecule has 0 heterocycles. The Morgan fingerprint density at radius 3 is 2.55 bits per heavy atom. The monoisotopic (exact) mass is 273 g/mol. The summed E-state index contributed by atoms with van der Waals surface area (Å²) >= 11 is 0. The lowest BCUT2D eigenvalue weighted by Crippen LogP contribution is -2.36. The van der Waals surface area contributed by atoms with Crippen molar-refractivity contribution in [1.29, 1.82) is 0 Å². The highest BCUT2D eigenvalue weighted by molar-refractivity contribution is 5.35. The highest BCUT2D eigenvalue weighted by atomic mass is 14.7. The number of nitrogens with two attached hydrogens (primary N) is 1. The van der Waals surface area contributed by atoms with Gasteiger partial charge < -0.3 is 5.73 Å². The van der Waals surface area contributed by atoms with Crippen molar-refractivity contribution in [3.8, 4) is 0 Å². The third-order valence-corrected chi connectivity index (χ3v) is 5.38. The zero-order chi connectivity index (χ0) is 14.8. The molecule has 112 valence electrons. The van der Waals surface area contributed by atoms with Crippen molar-refractivity contribution in [2.75, 3.05) is 0 Å². The number of aryl methyl sites for hydroxylation is 2. The maximum absolute atomic E-state index is 6.75. The minimum Gasteiger partial charge on any atom is -0.324 e. The van der Waals surface area contributed by atoms with Crippen molar-refractivity contribution in [3.63, 3.8) is 0 Å². The lowest BCUT2D eigenvalue weighted by molar-refractivity contribution is 0.112. The predicted molar refractivity (Wildman–Crippen MR) is 87.9 cm³/mol. The second kappa shape index (κ2) is 6.30. The van der Waals surface area contributed by atoms with Gasteiger partial charge in [0, 0.05) is 6.04 Å². The maximum atomic E-state index is 6.75. The van der Waals surface area contributed by atoms with Crippen LogP contribution in [0.5, 0.6) is 0 Å². The van der Waals surface area contributed by atoms with Crippen LogP contribution >= 0.6 is 0 Å². The molecule has 0 aromatic heterocycles. The Hall–Kier alpha value is -0.820. The standard InChI is InChI=1S/C19H31N/c1-5-14-10-11-15(6-2)16(13-14)18(20)17-9-7-8-12-19(17,3)4/h10-11,13,17-18H,5-9,12,20H2,1-4H3. The average molecular weight is 273 g/mol. The normalized spacial score (nSPS) is 23.6. The molecule has 1 aliphatic rings. The Morgan fingerprint density at radius 2 is 1.95 bits per heavy atom. The van der Waals surface area contributed by atoms with Crippen molar-refractivity contribution in [1.82, 2.24) is 0 Å². The van der Waals surface area contributed by atoms with Crippen LogP contribution in [-0.4, -0.2) is 0 Å². The van der Waals surface area contributed by atoms with Gasteiger partial charge in [-0.25, -0.2) is 0 Å². The summed E-state index contributed by atoms with van der Waals surface area (Å²) in [6.07, 6.45) is 7.49. The van der Waals surface area contributed by atoms with Crippen LogP contribution in [0.3, 0.4) is 0 Å². The number of hydrogen-bond donors (Lipinski definition) is 1. The van der Waals surface area contributed by atoms with E-state index in [4.69, 9.17) is 5.73 Å². The molecule has 1 aromatic carbocycles. The van der Waals surface area contributed by atoms with E-state index < -0.39 is 0 Å². The molecule has 2 atom stereocenters. The van der Waals surface area contributed by atoms with Crippen LogP contribution in [0.1, 0.15) is 76.1 Å². The van der Waals surface area contributed by atoms with E-state index in [0.717, 1.165) is 12.8 Å². The molecule has 0 aliphatic heterocycles. The molecule has 1 heteroatoms. The molecule has 1 saturated carbocycles. The molecule has 20 heavy (non-hydrogen) atoms. The Bertz CT molecular complexity index is 447. The summed E-state index contributed by atoms with van der Waals surface area (Å²) in [6, 6.07) is 7.13. The molecule has 1 aromatic rings. The molecule has 2 unspecified atom stereocenters. The Labute approximate surface area is 125 Å². The first-order valence-corrected chi connectivity index (χ1v) is 8.37. The van der Waals surface area contributed by atoms with Gasteiger partial charge in [0.05, 0.1) is 0 Å². The molecular weight excluding hydrogens is 242 g/mol. The number of rotatable bonds is 4. The predicted octanol–water partition coefficient (Wildman–Crippen LogP) is 5.03. The zero-order valence-electron chi connectivity index (χ0n) is 13.7. The van der Waals surface area contributed by atoms with Gasteiger partial charge in [-0.05, 0) is 53.7 Å². The average Bonchev–Trinajstić information content (AvgIpc) is 2.45. The summed E-state index contributed by atoms with van der Waals surface area (Å²) in [5.74, 6) is 0.619. The summed E-state index contributed by atoms with van der Waals surface area (Å²) in [4.78, 5) is 0. The first-order valence-electron chi connectivity index (χ1n) is 8.37. The third kappa shape index (κ3) is 3.09. The lowest BCUT2D eigenvalue weighted by atomic mass is 9.64. The van der Waals surface area contributed by atoms with Gasteiger partial charge >= 0.3 is 0 Å². The van der Waals surface area contributed by atoms with Crippen LogP contribution in [0.15, 0.2) is 18.2 Å². The van der Waals surface area contributed by atoms with Crippen LogP contribution < -0.4 is 5.73 Å².